The van der Waals surface area contributed by atoms with Gasteiger partial charge in [-0.25, -0.2) is 10.4 Å². The predicted octanol–water partition coefficient (Wildman–Crippen LogP) is 1.12. The first-order chi connectivity index (χ1) is 8.30. The van der Waals surface area contributed by atoms with E-state index in [9.17, 15) is 0 Å². The molecule has 2 unspecified atom stereocenters. The molecule has 3 N–H and O–H groups in total. The van der Waals surface area contributed by atoms with Gasteiger partial charge in [-0.15, -0.1) is 0 Å². The van der Waals surface area contributed by atoms with Gasteiger partial charge in [-0.1, -0.05) is 26.2 Å². The Hall–Kier alpha value is -0.160. The summed E-state index contributed by atoms with van der Waals surface area (Å²) >= 11 is 0. The Morgan fingerprint density at radius 1 is 1.35 bits per heavy atom. The number of nitrogens with one attached hydrogen (secondary N) is 1. The quantitative estimate of drug-likeness (QED) is 0.774. The van der Waals surface area contributed by atoms with Crippen LogP contribution in [0, 0.1) is 5.92 Å². The molecule has 0 aromatic rings. The first-order valence-corrected chi connectivity index (χ1v) is 7.11. The average Bonchev–Trinajstić information content (AvgIpc) is 2.40. The zero-order valence-electron chi connectivity index (χ0n) is 11.1. The Balaban J connectivity index is 2.00. The third-order valence-electron chi connectivity index (χ3n) is 4.46. The highest BCUT2D eigenvalue weighted by Gasteiger charge is 2.39. The van der Waals surface area contributed by atoms with E-state index in [1.807, 2.05) is 0 Å². The Morgan fingerprint density at radius 3 is 2.76 bits per heavy atom. The average molecular weight is 241 g/mol. The summed E-state index contributed by atoms with van der Waals surface area (Å²) in [6, 6.07) is 0. The van der Waals surface area contributed by atoms with E-state index in [4.69, 9.17) is 10.5 Å². The normalized spacial score (nSPS) is 36.0. The lowest BCUT2D eigenvalue weighted by Crippen LogP contribution is -2.64. The van der Waals surface area contributed by atoms with Crippen LogP contribution in [0.25, 0.3) is 0 Å². The van der Waals surface area contributed by atoms with Crippen molar-refractivity contribution in [2.24, 2.45) is 11.7 Å². The molecular weight excluding hydrogens is 214 g/mol. The van der Waals surface area contributed by atoms with Crippen LogP contribution in [0.3, 0.4) is 0 Å². The Bertz CT molecular complexity index is 231. The van der Waals surface area contributed by atoms with Crippen molar-refractivity contribution in [3.8, 4) is 0 Å². The first-order valence-electron chi connectivity index (χ1n) is 7.11. The van der Waals surface area contributed by atoms with Crippen LogP contribution in [0.15, 0.2) is 0 Å². The summed E-state index contributed by atoms with van der Waals surface area (Å²) in [4.78, 5) is 0. The predicted molar refractivity (Wildman–Crippen MR) is 69.6 cm³/mol. The van der Waals surface area contributed by atoms with Crippen molar-refractivity contribution in [1.29, 1.82) is 0 Å². The van der Waals surface area contributed by atoms with Gasteiger partial charge >= 0.3 is 0 Å². The van der Waals surface area contributed by atoms with Crippen molar-refractivity contribution in [1.82, 2.24) is 10.4 Å². The Kier molecular flexibility index (Phi) is 4.79. The lowest BCUT2D eigenvalue weighted by molar-refractivity contribution is -0.0330. The monoisotopic (exact) mass is 241 g/mol. The summed E-state index contributed by atoms with van der Waals surface area (Å²) in [5.41, 5.74) is 9.99. The van der Waals surface area contributed by atoms with E-state index in [1.54, 1.807) is 0 Å². The van der Waals surface area contributed by atoms with Crippen LogP contribution in [-0.2, 0) is 4.74 Å². The fourth-order valence-electron chi connectivity index (χ4n) is 3.36. The van der Waals surface area contributed by atoms with Crippen LogP contribution in [0.1, 0.15) is 39.0 Å². The number of nitrogens with zero attached hydrogens (tertiary/aromatic N) is 1. The molecule has 0 bridgehead atoms. The summed E-state index contributed by atoms with van der Waals surface area (Å²) in [6.07, 6.45) is 6.45. The number of hydrazine groups is 1. The highest BCUT2D eigenvalue weighted by atomic mass is 16.5. The minimum Gasteiger partial charge on any atom is -0.379 e. The lowest BCUT2D eigenvalue weighted by Gasteiger charge is -2.47. The highest BCUT2D eigenvalue weighted by Crippen LogP contribution is 2.35. The van der Waals surface area contributed by atoms with E-state index >= 15 is 0 Å². The largest absolute Gasteiger partial charge is 0.379 e. The molecule has 0 amide bonds. The molecule has 100 valence electrons. The van der Waals surface area contributed by atoms with E-state index in [2.05, 4.69) is 17.4 Å². The fraction of sp³-hybridized carbons (Fsp3) is 1.00. The molecule has 1 aliphatic heterocycles. The van der Waals surface area contributed by atoms with Gasteiger partial charge in [-0.05, 0) is 18.8 Å². The smallest absolute Gasteiger partial charge is 0.0608 e. The van der Waals surface area contributed by atoms with Crippen LogP contribution < -0.4 is 11.2 Å². The minimum absolute atomic E-state index is 0.143. The van der Waals surface area contributed by atoms with Crippen molar-refractivity contribution < 1.29 is 4.74 Å². The molecule has 1 saturated heterocycles. The molecule has 0 aromatic heterocycles. The van der Waals surface area contributed by atoms with Gasteiger partial charge < -0.3 is 10.5 Å². The molecule has 2 fully saturated rings. The standard InChI is InChI=1S/C13H27N3O/c1-2-12-5-3-4-6-13(12,11-14)15-16-7-9-17-10-8-16/h12,15H,2-11,14H2,1H3. The summed E-state index contributed by atoms with van der Waals surface area (Å²) in [5, 5.41) is 2.32. The van der Waals surface area contributed by atoms with E-state index in [0.29, 0.717) is 0 Å². The number of hydrogen-bond donors (Lipinski definition) is 2. The summed E-state index contributed by atoms with van der Waals surface area (Å²) in [5.74, 6) is 0.726. The molecule has 4 heteroatoms. The minimum atomic E-state index is 0.143. The third-order valence-corrected chi connectivity index (χ3v) is 4.46. The van der Waals surface area contributed by atoms with Crippen LogP contribution in [0.2, 0.25) is 0 Å². The van der Waals surface area contributed by atoms with E-state index in [1.165, 1.54) is 32.1 Å². The zero-order chi connectivity index (χ0) is 12.1. The lowest BCUT2D eigenvalue weighted by atomic mass is 9.72. The Morgan fingerprint density at radius 2 is 2.12 bits per heavy atom. The van der Waals surface area contributed by atoms with Gasteiger partial charge in [0.2, 0.25) is 0 Å². The Labute approximate surface area is 105 Å². The molecule has 2 rings (SSSR count). The maximum Gasteiger partial charge on any atom is 0.0608 e. The van der Waals surface area contributed by atoms with Gasteiger partial charge in [0, 0.05) is 25.2 Å². The van der Waals surface area contributed by atoms with Crippen LogP contribution >= 0.6 is 0 Å². The van der Waals surface area contributed by atoms with Gasteiger partial charge in [0.15, 0.2) is 0 Å². The van der Waals surface area contributed by atoms with Crippen LogP contribution in [0.4, 0.5) is 0 Å². The molecule has 2 aliphatic rings. The number of rotatable bonds is 4. The summed E-state index contributed by atoms with van der Waals surface area (Å²) < 4.78 is 5.40. The summed E-state index contributed by atoms with van der Waals surface area (Å²) in [7, 11) is 0. The van der Waals surface area contributed by atoms with Crippen molar-refractivity contribution in [3.63, 3.8) is 0 Å². The number of ether oxygens (including phenoxy) is 1. The van der Waals surface area contributed by atoms with E-state index < -0.39 is 0 Å². The van der Waals surface area contributed by atoms with E-state index in [0.717, 1.165) is 38.8 Å². The number of nitrogens with two attached hydrogens (primary N) is 1. The van der Waals surface area contributed by atoms with Crippen molar-refractivity contribution in [3.05, 3.63) is 0 Å². The van der Waals surface area contributed by atoms with Crippen molar-refractivity contribution >= 4 is 0 Å². The third kappa shape index (κ3) is 2.99. The van der Waals surface area contributed by atoms with Gasteiger partial charge in [-0.3, -0.25) is 0 Å². The molecule has 1 saturated carbocycles. The number of hydrogen-bond acceptors (Lipinski definition) is 4. The highest BCUT2D eigenvalue weighted by molar-refractivity contribution is 4.97. The van der Waals surface area contributed by atoms with Crippen molar-refractivity contribution in [2.75, 3.05) is 32.8 Å². The SMILES string of the molecule is CCC1CCCCC1(CN)NN1CCOCC1. The fourth-order valence-corrected chi connectivity index (χ4v) is 3.36. The summed E-state index contributed by atoms with van der Waals surface area (Å²) in [6.45, 7) is 6.69. The molecular formula is C13H27N3O. The molecule has 1 aliphatic carbocycles. The number of morpholine rings is 1. The first kappa shape index (κ1) is 13.3. The zero-order valence-corrected chi connectivity index (χ0v) is 11.1. The maximum absolute atomic E-state index is 6.10. The van der Waals surface area contributed by atoms with Gasteiger partial charge in [-0.2, -0.15) is 0 Å². The van der Waals surface area contributed by atoms with Crippen molar-refractivity contribution in [2.45, 2.75) is 44.6 Å². The van der Waals surface area contributed by atoms with Gasteiger partial charge in [0.25, 0.3) is 0 Å². The van der Waals surface area contributed by atoms with E-state index in [-0.39, 0.29) is 5.54 Å². The molecule has 0 aromatic carbocycles. The molecule has 1 heterocycles. The second-order valence-electron chi connectivity index (χ2n) is 5.42. The van der Waals surface area contributed by atoms with Gasteiger partial charge in [0.05, 0.1) is 13.2 Å². The topological polar surface area (TPSA) is 50.5 Å². The van der Waals surface area contributed by atoms with Crippen LogP contribution in [-0.4, -0.2) is 43.4 Å². The van der Waals surface area contributed by atoms with Gasteiger partial charge in [0.1, 0.15) is 0 Å². The van der Waals surface area contributed by atoms with Crippen LogP contribution in [0.5, 0.6) is 0 Å². The molecule has 2 atom stereocenters. The molecule has 0 spiro atoms. The second kappa shape index (κ2) is 6.14. The molecule has 0 radical (unpaired) electrons. The second-order valence-corrected chi connectivity index (χ2v) is 5.42. The molecule has 4 nitrogen and oxygen atoms in total. The molecule has 17 heavy (non-hydrogen) atoms. The maximum atomic E-state index is 6.10.